The summed E-state index contributed by atoms with van der Waals surface area (Å²) < 4.78 is 7.93. The lowest BCUT2D eigenvalue weighted by Crippen LogP contribution is -2.71. The number of carbonyl (C=O) groups excluding carboxylic acids is 2. The number of carboxylic acid groups (broad SMARTS) is 1. The molecule has 2 aliphatic heterocycles. The van der Waals surface area contributed by atoms with Crippen LogP contribution >= 0.6 is 34.6 Å². The van der Waals surface area contributed by atoms with Gasteiger partial charge in [0.05, 0.1) is 6.54 Å². The van der Waals surface area contributed by atoms with Gasteiger partial charge in [-0.15, -0.1) is 23.1 Å². The number of hydrogen-bond donors (Lipinski definition) is 5. The topological polar surface area (TPSA) is 219 Å². The Balaban J connectivity index is 1.21. The van der Waals surface area contributed by atoms with Gasteiger partial charge in [0.1, 0.15) is 35.6 Å². The monoisotopic (exact) mass is 653 g/mol. The quantitative estimate of drug-likeness (QED) is 0.0526. The van der Waals surface area contributed by atoms with E-state index in [0.717, 1.165) is 27.3 Å². The molecular weight excluding hydrogens is 629 g/mol. The Kier molecular flexibility index (Phi) is 7.78. The van der Waals surface area contributed by atoms with E-state index in [9.17, 15) is 19.5 Å². The lowest BCUT2D eigenvalue weighted by atomic mass is 10.0. The molecule has 2 aliphatic rings. The van der Waals surface area contributed by atoms with E-state index in [1.807, 2.05) is 46.7 Å². The zero-order valence-electron chi connectivity index (χ0n) is 23.0. The number of rotatable bonds is 10. The summed E-state index contributed by atoms with van der Waals surface area (Å²) in [6.07, 6.45) is 5.78. The maximum Gasteiger partial charge on any atom is 0.352 e. The van der Waals surface area contributed by atoms with Crippen LogP contribution in [0.1, 0.15) is 16.3 Å². The molecule has 0 aromatic carbocycles. The maximum absolute atomic E-state index is 13.2. The Hall–Kier alpha value is -4.81. The SMILES string of the molecule is CON=C(C(=O)N[C@@H]1C(=O)N2C(C(=O)O)=C(C[n+]3ccc4ccn(Cc5cc(C(=N)N)cs5)c4c3)CS[C@H]12)c1nsc(N)n1. The number of nitrogens with two attached hydrogens (primary N) is 2. The molecule has 0 bridgehead atoms. The number of carboxylic acids is 1. The average molecular weight is 654 g/mol. The molecule has 1 fully saturated rings. The Morgan fingerprint density at radius 2 is 2.18 bits per heavy atom. The Labute approximate surface area is 261 Å². The van der Waals surface area contributed by atoms with Gasteiger partial charge in [-0.3, -0.25) is 19.9 Å². The predicted octanol–water partition coefficient (Wildman–Crippen LogP) is 0.546. The van der Waals surface area contributed by atoms with Crippen molar-refractivity contribution in [3.8, 4) is 0 Å². The van der Waals surface area contributed by atoms with E-state index in [-0.39, 0.29) is 34.7 Å². The number of aliphatic carboxylic acids is 1. The molecule has 0 radical (unpaired) electrons. The molecule has 6 rings (SSSR count). The molecule has 0 aliphatic carbocycles. The molecule has 4 aromatic rings. The number of amidine groups is 1. The molecule has 0 unspecified atom stereocenters. The van der Waals surface area contributed by atoms with Crippen LogP contribution in [0.2, 0.25) is 0 Å². The third-order valence-electron chi connectivity index (χ3n) is 7.02. The third-order valence-corrected chi connectivity index (χ3v) is 9.83. The number of fused-ring (bicyclic) bond motifs is 2. The minimum Gasteiger partial charge on any atom is -0.477 e. The number of thioether (sulfide) groups is 1. The molecule has 6 heterocycles. The van der Waals surface area contributed by atoms with Crippen molar-refractivity contribution in [1.29, 1.82) is 5.41 Å². The molecular formula is C26H25N10O5S3+. The highest BCUT2D eigenvalue weighted by atomic mass is 32.2. The maximum atomic E-state index is 13.2. The number of aromatic nitrogens is 4. The fourth-order valence-corrected chi connectivity index (χ4v) is 7.67. The highest BCUT2D eigenvalue weighted by molar-refractivity contribution is 8.00. The second kappa shape index (κ2) is 11.7. The number of oxime groups is 1. The molecule has 0 spiro atoms. The van der Waals surface area contributed by atoms with Crippen LogP contribution in [0, 0.1) is 5.41 Å². The summed E-state index contributed by atoms with van der Waals surface area (Å²) >= 11 is 3.76. The first-order valence-electron chi connectivity index (χ1n) is 13.0. The van der Waals surface area contributed by atoms with Crippen molar-refractivity contribution in [3.05, 3.63) is 69.7 Å². The Bertz CT molecular complexity index is 1890. The molecule has 44 heavy (non-hydrogen) atoms. The molecule has 2 amide bonds. The van der Waals surface area contributed by atoms with Crippen molar-refractivity contribution < 1.29 is 28.9 Å². The fraction of sp³-hybridized carbons (Fsp3) is 0.231. The van der Waals surface area contributed by atoms with Crippen LogP contribution < -0.4 is 21.4 Å². The molecule has 7 N–H and O–H groups in total. The summed E-state index contributed by atoms with van der Waals surface area (Å²) in [4.78, 5) is 49.6. The van der Waals surface area contributed by atoms with E-state index in [2.05, 4.69) is 24.4 Å². The number of anilines is 1. The lowest BCUT2D eigenvalue weighted by Gasteiger charge is -2.49. The van der Waals surface area contributed by atoms with E-state index in [0.29, 0.717) is 23.4 Å². The number of pyridine rings is 1. The van der Waals surface area contributed by atoms with E-state index in [4.69, 9.17) is 21.7 Å². The average Bonchev–Trinajstić information content (AvgIpc) is 3.75. The largest absolute Gasteiger partial charge is 0.477 e. The van der Waals surface area contributed by atoms with Gasteiger partial charge in [0.2, 0.25) is 11.5 Å². The highest BCUT2D eigenvalue weighted by Crippen LogP contribution is 2.40. The first kappa shape index (κ1) is 29.3. The summed E-state index contributed by atoms with van der Waals surface area (Å²) in [5.74, 6) is -2.21. The number of carbonyl (C=O) groups is 3. The van der Waals surface area contributed by atoms with Crippen molar-refractivity contribution in [1.82, 2.24) is 24.1 Å². The van der Waals surface area contributed by atoms with Gasteiger partial charge in [-0.1, -0.05) is 5.16 Å². The van der Waals surface area contributed by atoms with Crippen LogP contribution in [0.5, 0.6) is 0 Å². The van der Waals surface area contributed by atoms with Crippen molar-refractivity contribution >= 4 is 80.0 Å². The molecule has 15 nitrogen and oxygen atoms in total. The summed E-state index contributed by atoms with van der Waals surface area (Å²) in [7, 11) is 1.25. The zero-order chi connectivity index (χ0) is 31.1. The van der Waals surface area contributed by atoms with E-state index in [1.54, 1.807) is 0 Å². The minimum atomic E-state index is -1.23. The van der Waals surface area contributed by atoms with Crippen molar-refractivity contribution in [2.24, 2.45) is 10.9 Å². The first-order chi connectivity index (χ1) is 21.1. The first-order valence-corrected chi connectivity index (χ1v) is 15.7. The van der Waals surface area contributed by atoms with Crippen LogP contribution in [-0.4, -0.2) is 77.5 Å². The normalized spacial score (nSPS) is 18.2. The van der Waals surface area contributed by atoms with Gasteiger partial charge in [-0.25, -0.2) is 4.79 Å². The highest BCUT2D eigenvalue weighted by Gasteiger charge is 2.55. The van der Waals surface area contributed by atoms with E-state index >= 15 is 0 Å². The number of nitrogens with one attached hydrogen (secondary N) is 2. The summed E-state index contributed by atoms with van der Waals surface area (Å²) in [5, 5.41) is 26.5. The van der Waals surface area contributed by atoms with Gasteiger partial charge in [0.25, 0.3) is 11.8 Å². The number of nitrogens with zero attached hydrogens (tertiary/aromatic N) is 6. The van der Waals surface area contributed by atoms with E-state index < -0.39 is 29.2 Å². The van der Waals surface area contributed by atoms with Gasteiger partial charge < -0.3 is 31.3 Å². The molecule has 0 saturated carbocycles. The molecule has 226 valence electrons. The number of nitrogen functional groups attached to an aromatic ring is 2. The number of thiophene rings is 1. The smallest absolute Gasteiger partial charge is 0.352 e. The van der Waals surface area contributed by atoms with Crippen molar-refractivity contribution in [3.63, 3.8) is 0 Å². The predicted molar refractivity (Wildman–Crippen MR) is 164 cm³/mol. The molecule has 1 saturated heterocycles. The molecule has 2 atom stereocenters. The molecule has 4 aromatic heterocycles. The number of amides is 2. The van der Waals surface area contributed by atoms with Gasteiger partial charge >= 0.3 is 5.97 Å². The van der Waals surface area contributed by atoms with Gasteiger partial charge in [-0.05, 0) is 12.1 Å². The summed E-state index contributed by atoms with van der Waals surface area (Å²) in [6, 6.07) is 4.87. The standard InChI is InChI=1S/C26H24N10O5S3/c1-41-32-17(21-31-26(29)44-33-21)22(37)30-18-23(38)36-19(25(39)40)14(11-43-24(18)36)7-34-4-2-12-3-5-35(16(12)9-34)8-15-6-13(10-42-15)20(27)28/h2-6,9-10,18,24H,7-8,11H2,1H3,(H6-,27,28,29,30,31,33,37,39,40)/p+1/t18-,24-/m1/s1. The number of β-lactam (4-membered cyclic amide) rings is 1. The van der Waals surface area contributed by atoms with Crippen LogP contribution in [-0.2, 0) is 32.3 Å². The summed E-state index contributed by atoms with van der Waals surface area (Å²) in [6.45, 7) is 0.836. The fourth-order valence-electron chi connectivity index (χ4n) is 5.02. The minimum absolute atomic E-state index is 0.0235. The zero-order valence-corrected chi connectivity index (χ0v) is 25.4. The van der Waals surface area contributed by atoms with Crippen molar-refractivity contribution in [2.45, 2.75) is 24.5 Å². The molecule has 18 heteroatoms. The van der Waals surface area contributed by atoms with Crippen molar-refractivity contribution in [2.75, 3.05) is 18.6 Å². The second-order valence-electron chi connectivity index (χ2n) is 9.81. The van der Waals surface area contributed by atoms with Crippen LogP contribution in [0.4, 0.5) is 5.13 Å². The lowest BCUT2D eigenvalue weighted by molar-refractivity contribution is -0.687. The van der Waals surface area contributed by atoms with E-state index in [1.165, 1.54) is 35.1 Å². The van der Waals surface area contributed by atoms with Crippen LogP contribution in [0.15, 0.2) is 58.6 Å². The van der Waals surface area contributed by atoms with Gasteiger partial charge in [-0.2, -0.15) is 13.9 Å². The van der Waals surface area contributed by atoms with Crippen LogP contribution in [0.3, 0.4) is 0 Å². The number of hydrogen-bond acceptors (Lipinski definition) is 12. The van der Waals surface area contributed by atoms with Gasteiger partial charge in [0.15, 0.2) is 24.1 Å². The Morgan fingerprint density at radius 3 is 2.86 bits per heavy atom. The third kappa shape index (κ3) is 5.38. The summed E-state index contributed by atoms with van der Waals surface area (Å²) in [5.41, 5.74) is 13.1. The Morgan fingerprint density at radius 1 is 1.36 bits per heavy atom. The van der Waals surface area contributed by atoms with Crippen LogP contribution in [0.25, 0.3) is 10.9 Å². The second-order valence-corrected chi connectivity index (χ2v) is 12.7. The van der Waals surface area contributed by atoms with Gasteiger partial charge in [0, 0.05) is 56.3 Å².